The second-order valence-electron chi connectivity index (χ2n) is 5.66. The molecule has 0 radical (unpaired) electrons. The van der Waals surface area contributed by atoms with Crippen LogP contribution in [-0.4, -0.2) is 33.8 Å². The van der Waals surface area contributed by atoms with E-state index in [2.05, 4.69) is 16.9 Å². The van der Waals surface area contributed by atoms with Crippen molar-refractivity contribution in [2.75, 3.05) is 18.0 Å². The van der Waals surface area contributed by atoms with E-state index in [1.807, 2.05) is 4.68 Å². The highest BCUT2D eigenvalue weighted by Crippen LogP contribution is 2.36. The van der Waals surface area contributed by atoms with Gasteiger partial charge in [-0.2, -0.15) is 5.10 Å². The highest BCUT2D eigenvalue weighted by molar-refractivity contribution is 5.62. The maximum atomic E-state index is 11.5. The molecule has 1 saturated heterocycles. The van der Waals surface area contributed by atoms with Gasteiger partial charge in [-0.3, -0.25) is 10.1 Å². The minimum absolute atomic E-state index is 0.160. The lowest BCUT2D eigenvalue weighted by Crippen LogP contribution is -2.42. The quantitative estimate of drug-likeness (QED) is 0.642. The molecule has 7 nitrogen and oxygen atoms in total. The van der Waals surface area contributed by atoms with Crippen LogP contribution in [0.15, 0.2) is 0 Å². The highest BCUT2D eigenvalue weighted by atomic mass is 16.6. The Morgan fingerprint density at radius 3 is 2.86 bits per heavy atom. The summed E-state index contributed by atoms with van der Waals surface area (Å²) in [6.07, 6.45) is 5.04. The lowest BCUT2D eigenvalue weighted by atomic mass is 9.99. The second-order valence-corrected chi connectivity index (χ2v) is 5.66. The Labute approximate surface area is 125 Å². The van der Waals surface area contributed by atoms with E-state index in [0.717, 1.165) is 38.6 Å². The first-order chi connectivity index (χ1) is 10.1. The summed E-state index contributed by atoms with van der Waals surface area (Å²) in [4.78, 5) is 13.3. The monoisotopic (exact) mass is 295 g/mol. The van der Waals surface area contributed by atoms with E-state index in [4.69, 9.17) is 5.73 Å². The van der Waals surface area contributed by atoms with E-state index in [1.165, 1.54) is 0 Å². The number of nitrogens with two attached hydrogens (primary N) is 1. The van der Waals surface area contributed by atoms with Gasteiger partial charge in [0.05, 0.1) is 4.92 Å². The summed E-state index contributed by atoms with van der Waals surface area (Å²) in [5.41, 5.74) is 6.38. The maximum Gasteiger partial charge on any atom is 0.333 e. The molecule has 7 heteroatoms. The average Bonchev–Trinajstić information content (AvgIpc) is 2.77. The molecular weight excluding hydrogens is 270 g/mol. The molecule has 1 aliphatic rings. The Bertz CT molecular complexity index is 498. The van der Waals surface area contributed by atoms with E-state index in [-0.39, 0.29) is 16.7 Å². The lowest BCUT2D eigenvalue weighted by Gasteiger charge is -2.36. The Hall–Kier alpha value is -1.63. The van der Waals surface area contributed by atoms with Crippen LogP contribution in [-0.2, 0) is 6.54 Å². The van der Waals surface area contributed by atoms with Gasteiger partial charge in [0.2, 0.25) is 5.82 Å². The van der Waals surface area contributed by atoms with Gasteiger partial charge >= 0.3 is 5.69 Å². The van der Waals surface area contributed by atoms with Crippen molar-refractivity contribution in [3.8, 4) is 0 Å². The number of aryl methyl sites for hydroxylation is 2. The van der Waals surface area contributed by atoms with Crippen LogP contribution in [0.3, 0.4) is 0 Å². The standard InChI is InChI=1S/C14H25N5O2/c1-3-9-18-14(13(19(20)21)11(2)16-18)17-10-5-4-6-12(17)7-8-15/h12H,3-10,15H2,1-2H3. The third-order valence-corrected chi connectivity index (χ3v) is 4.09. The molecule has 2 N–H and O–H groups in total. The fraction of sp³-hybridized carbons (Fsp3) is 0.786. The first-order valence-corrected chi connectivity index (χ1v) is 7.78. The Balaban J connectivity index is 2.45. The molecule has 0 spiro atoms. The molecule has 0 aromatic carbocycles. The lowest BCUT2D eigenvalue weighted by molar-refractivity contribution is -0.384. The second kappa shape index (κ2) is 6.89. The van der Waals surface area contributed by atoms with Crippen molar-refractivity contribution < 1.29 is 4.92 Å². The minimum Gasteiger partial charge on any atom is -0.348 e. The van der Waals surface area contributed by atoms with E-state index in [1.54, 1.807) is 6.92 Å². The van der Waals surface area contributed by atoms with Crippen molar-refractivity contribution in [1.29, 1.82) is 0 Å². The Morgan fingerprint density at radius 2 is 2.24 bits per heavy atom. The minimum atomic E-state index is -0.294. The number of anilines is 1. The summed E-state index contributed by atoms with van der Waals surface area (Å²) in [6, 6.07) is 0.286. The number of hydrogen-bond donors (Lipinski definition) is 1. The smallest absolute Gasteiger partial charge is 0.333 e. The molecule has 0 aliphatic carbocycles. The summed E-state index contributed by atoms with van der Waals surface area (Å²) in [6.45, 7) is 5.93. The van der Waals surface area contributed by atoms with E-state index in [0.29, 0.717) is 24.6 Å². The van der Waals surface area contributed by atoms with Gasteiger partial charge in [0.1, 0.15) is 5.69 Å². The van der Waals surface area contributed by atoms with E-state index in [9.17, 15) is 10.1 Å². The molecule has 1 atom stereocenters. The van der Waals surface area contributed by atoms with Crippen molar-refractivity contribution in [1.82, 2.24) is 9.78 Å². The summed E-state index contributed by atoms with van der Waals surface area (Å²) in [7, 11) is 0. The zero-order chi connectivity index (χ0) is 15.4. The number of rotatable bonds is 6. The molecule has 0 amide bonds. The number of hydrogen-bond acceptors (Lipinski definition) is 5. The molecule has 2 rings (SSSR count). The summed E-state index contributed by atoms with van der Waals surface area (Å²) in [5, 5.41) is 15.9. The molecule has 1 unspecified atom stereocenters. The number of nitrogens with zero attached hydrogens (tertiary/aromatic N) is 4. The van der Waals surface area contributed by atoms with Crippen molar-refractivity contribution in [3.63, 3.8) is 0 Å². The van der Waals surface area contributed by atoms with Gasteiger partial charge in [0, 0.05) is 19.1 Å². The van der Waals surface area contributed by atoms with Gasteiger partial charge in [-0.15, -0.1) is 0 Å². The van der Waals surface area contributed by atoms with Gasteiger partial charge in [0.15, 0.2) is 0 Å². The summed E-state index contributed by atoms with van der Waals surface area (Å²) in [5.74, 6) is 0.678. The summed E-state index contributed by atoms with van der Waals surface area (Å²) >= 11 is 0. The van der Waals surface area contributed by atoms with Gasteiger partial charge in [0.25, 0.3) is 0 Å². The predicted molar refractivity (Wildman–Crippen MR) is 82.6 cm³/mol. The molecule has 2 heterocycles. The van der Waals surface area contributed by atoms with Crippen molar-refractivity contribution in [2.24, 2.45) is 5.73 Å². The molecule has 0 bridgehead atoms. The van der Waals surface area contributed by atoms with Crippen molar-refractivity contribution >= 4 is 11.5 Å². The molecule has 1 aromatic rings. The van der Waals surface area contributed by atoms with Gasteiger partial charge < -0.3 is 10.6 Å². The molecule has 1 fully saturated rings. The number of aromatic nitrogens is 2. The molecule has 118 valence electrons. The third kappa shape index (κ3) is 3.18. The van der Waals surface area contributed by atoms with Crippen LogP contribution < -0.4 is 10.6 Å². The first kappa shape index (κ1) is 15.8. The zero-order valence-corrected chi connectivity index (χ0v) is 12.9. The third-order valence-electron chi connectivity index (χ3n) is 4.09. The number of nitro groups is 1. The van der Waals surface area contributed by atoms with Gasteiger partial charge in [-0.05, 0) is 45.6 Å². The van der Waals surface area contributed by atoms with Gasteiger partial charge in [-0.1, -0.05) is 6.92 Å². The molecule has 21 heavy (non-hydrogen) atoms. The number of piperidine rings is 1. The average molecular weight is 295 g/mol. The summed E-state index contributed by atoms with van der Waals surface area (Å²) < 4.78 is 1.81. The van der Waals surface area contributed by atoms with Crippen molar-refractivity contribution in [3.05, 3.63) is 15.8 Å². The Kier molecular flexibility index (Phi) is 5.17. The molecular formula is C14H25N5O2. The van der Waals surface area contributed by atoms with E-state index >= 15 is 0 Å². The van der Waals surface area contributed by atoms with Crippen LogP contribution in [0.2, 0.25) is 0 Å². The molecule has 0 saturated carbocycles. The highest BCUT2D eigenvalue weighted by Gasteiger charge is 2.33. The predicted octanol–water partition coefficient (Wildman–Crippen LogP) is 2.22. The zero-order valence-electron chi connectivity index (χ0n) is 12.9. The van der Waals surface area contributed by atoms with Crippen LogP contribution in [0.5, 0.6) is 0 Å². The molecule has 1 aromatic heterocycles. The van der Waals surface area contributed by atoms with Gasteiger partial charge in [-0.25, -0.2) is 4.68 Å². The normalized spacial score (nSPS) is 19.0. The topological polar surface area (TPSA) is 90.2 Å². The van der Waals surface area contributed by atoms with Crippen LogP contribution in [0.4, 0.5) is 11.5 Å². The van der Waals surface area contributed by atoms with E-state index < -0.39 is 0 Å². The fourth-order valence-electron chi connectivity index (χ4n) is 3.20. The SMILES string of the molecule is CCCn1nc(C)c([N+](=O)[O-])c1N1CCCCC1CCN. The maximum absolute atomic E-state index is 11.5. The van der Waals surface area contributed by atoms with Crippen LogP contribution in [0, 0.1) is 17.0 Å². The van der Waals surface area contributed by atoms with Crippen LogP contribution in [0.25, 0.3) is 0 Å². The Morgan fingerprint density at radius 1 is 1.48 bits per heavy atom. The largest absolute Gasteiger partial charge is 0.348 e. The molecule has 1 aliphatic heterocycles. The van der Waals surface area contributed by atoms with Crippen molar-refractivity contribution in [2.45, 2.75) is 58.5 Å². The van der Waals surface area contributed by atoms with Crippen LogP contribution in [0.1, 0.15) is 44.7 Å². The van der Waals surface area contributed by atoms with Crippen LogP contribution >= 0.6 is 0 Å². The fourth-order valence-corrected chi connectivity index (χ4v) is 3.20. The first-order valence-electron chi connectivity index (χ1n) is 7.78.